The van der Waals surface area contributed by atoms with E-state index in [1.165, 1.54) is 6.33 Å². The summed E-state index contributed by atoms with van der Waals surface area (Å²) in [6.45, 7) is 4.14. The number of benzene rings is 1. The van der Waals surface area contributed by atoms with E-state index in [2.05, 4.69) is 29.9 Å². The second-order valence-corrected chi connectivity index (χ2v) is 5.66. The Labute approximate surface area is 116 Å². The summed E-state index contributed by atoms with van der Waals surface area (Å²) < 4.78 is 5.85. The first-order chi connectivity index (χ1) is 8.96. The SMILES string of the molecule is CC1(C)Cc2cc(-c3ncnc(N)c3Cl)ccc2O1. The fourth-order valence-electron chi connectivity index (χ4n) is 2.34. The number of nitrogen functional groups attached to an aromatic ring is 1. The van der Waals surface area contributed by atoms with Crippen molar-refractivity contribution >= 4 is 17.4 Å². The van der Waals surface area contributed by atoms with Crippen LogP contribution in [0.25, 0.3) is 11.3 Å². The Balaban J connectivity index is 2.07. The highest BCUT2D eigenvalue weighted by atomic mass is 35.5. The van der Waals surface area contributed by atoms with E-state index in [0.29, 0.717) is 16.5 Å². The van der Waals surface area contributed by atoms with Crippen molar-refractivity contribution in [2.45, 2.75) is 25.9 Å². The first kappa shape index (κ1) is 12.2. The van der Waals surface area contributed by atoms with Crippen molar-refractivity contribution in [2.75, 3.05) is 5.73 Å². The van der Waals surface area contributed by atoms with E-state index in [1.54, 1.807) is 0 Å². The van der Waals surface area contributed by atoms with Gasteiger partial charge in [-0.05, 0) is 37.6 Å². The molecule has 19 heavy (non-hydrogen) atoms. The van der Waals surface area contributed by atoms with Crippen LogP contribution in [0.3, 0.4) is 0 Å². The highest BCUT2D eigenvalue weighted by Crippen LogP contribution is 2.38. The number of ether oxygens (including phenoxy) is 1. The molecular weight excluding hydrogens is 262 g/mol. The summed E-state index contributed by atoms with van der Waals surface area (Å²) in [5.41, 5.74) is 8.30. The van der Waals surface area contributed by atoms with E-state index in [1.807, 2.05) is 12.1 Å². The van der Waals surface area contributed by atoms with E-state index in [-0.39, 0.29) is 5.60 Å². The molecule has 98 valence electrons. The van der Waals surface area contributed by atoms with Gasteiger partial charge in [-0.3, -0.25) is 0 Å². The Hall–Kier alpha value is -1.81. The summed E-state index contributed by atoms with van der Waals surface area (Å²) in [5, 5.41) is 0.389. The van der Waals surface area contributed by atoms with Crippen LogP contribution in [0, 0.1) is 0 Å². The second-order valence-electron chi connectivity index (χ2n) is 5.28. The van der Waals surface area contributed by atoms with E-state index in [0.717, 1.165) is 23.3 Å². The Morgan fingerprint density at radius 2 is 2.11 bits per heavy atom. The Bertz CT molecular complexity index is 655. The van der Waals surface area contributed by atoms with Gasteiger partial charge in [-0.15, -0.1) is 0 Å². The summed E-state index contributed by atoms with van der Waals surface area (Å²) in [6.07, 6.45) is 2.29. The first-order valence-electron chi connectivity index (χ1n) is 6.04. The Morgan fingerprint density at radius 1 is 1.32 bits per heavy atom. The molecule has 0 aliphatic carbocycles. The van der Waals surface area contributed by atoms with Gasteiger partial charge in [0.25, 0.3) is 0 Å². The van der Waals surface area contributed by atoms with Gasteiger partial charge in [0.2, 0.25) is 0 Å². The molecule has 2 aromatic rings. The lowest BCUT2D eigenvalue weighted by Crippen LogP contribution is -2.24. The number of rotatable bonds is 1. The summed E-state index contributed by atoms with van der Waals surface area (Å²) in [5.74, 6) is 1.22. The average molecular weight is 276 g/mol. The third kappa shape index (κ3) is 2.12. The standard InChI is InChI=1S/C14H14ClN3O/c1-14(2)6-9-5-8(3-4-10(9)19-14)12-11(15)13(16)18-7-17-12/h3-5,7H,6H2,1-2H3,(H2,16,17,18). The van der Waals surface area contributed by atoms with Gasteiger partial charge in [-0.1, -0.05) is 11.6 Å². The van der Waals surface area contributed by atoms with Gasteiger partial charge in [0.05, 0.1) is 5.69 Å². The molecule has 0 unspecified atom stereocenters. The summed E-state index contributed by atoms with van der Waals surface area (Å²) in [4.78, 5) is 8.08. The van der Waals surface area contributed by atoms with Crippen LogP contribution in [0.15, 0.2) is 24.5 Å². The zero-order chi connectivity index (χ0) is 13.6. The molecule has 2 heterocycles. The molecule has 0 bridgehead atoms. The lowest BCUT2D eigenvalue weighted by atomic mass is 9.99. The zero-order valence-electron chi connectivity index (χ0n) is 10.8. The van der Waals surface area contributed by atoms with Crippen molar-refractivity contribution in [1.29, 1.82) is 0 Å². The van der Waals surface area contributed by atoms with E-state index in [4.69, 9.17) is 22.1 Å². The van der Waals surface area contributed by atoms with Crippen LogP contribution < -0.4 is 10.5 Å². The molecule has 0 saturated carbocycles. The summed E-state index contributed by atoms with van der Waals surface area (Å²) in [6, 6.07) is 5.94. The van der Waals surface area contributed by atoms with Gasteiger partial charge in [0.15, 0.2) is 0 Å². The number of nitrogens with zero attached hydrogens (tertiary/aromatic N) is 2. The van der Waals surface area contributed by atoms with Crippen LogP contribution in [0.5, 0.6) is 5.75 Å². The molecule has 1 aliphatic rings. The number of fused-ring (bicyclic) bond motifs is 1. The predicted molar refractivity (Wildman–Crippen MR) is 75.3 cm³/mol. The number of aromatic nitrogens is 2. The quantitative estimate of drug-likeness (QED) is 0.869. The van der Waals surface area contributed by atoms with Crippen LogP contribution in [0.2, 0.25) is 5.02 Å². The lowest BCUT2D eigenvalue weighted by molar-refractivity contribution is 0.138. The van der Waals surface area contributed by atoms with Crippen LogP contribution in [0.4, 0.5) is 5.82 Å². The number of hydrogen-bond acceptors (Lipinski definition) is 4. The topological polar surface area (TPSA) is 61.0 Å². The minimum atomic E-state index is -0.157. The van der Waals surface area contributed by atoms with Gasteiger partial charge < -0.3 is 10.5 Å². The molecule has 2 N–H and O–H groups in total. The van der Waals surface area contributed by atoms with Crippen LogP contribution in [-0.4, -0.2) is 15.6 Å². The van der Waals surface area contributed by atoms with Gasteiger partial charge >= 0.3 is 0 Å². The first-order valence-corrected chi connectivity index (χ1v) is 6.42. The van der Waals surface area contributed by atoms with Crippen molar-refractivity contribution in [2.24, 2.45) is 0 Å². The molecule has 4 nitrogen and oxygen atoms in total. The maximum atomic E-state index is 6.15. The maximum absolute atomic E-state index is 6.15. The molecule has 3 rings (SSSR count). The molecular formula is C14H14ClN3O. The van der Waals surface area contributed by atoms with Crippen molar-refractivity contribution in [1.82, 2.24) is 9.97 Å². The number of halogens is 1. The van der Waals surface area contributed by atoms with Crippen molar-refractivity contribution in [3.8, 4) is 17.0 Å². The summed E-state index contributed by atoms with van der Waals surface area (Å²) >= 11 is 6.15. The smallest absolute Gasteiger partial charge is 0.146 e. The molecule has 0 spiro atoms. The third-order valence-corrected chi connectivity index (χ3v) is 3.53. The molecule has 0 radical (unpaired) electrons. The van der Waals surface area contributed by atoms with Gasteiger partial charge in [-0.2, -0.15) is 0 Å². The van der Waals surface area contributed by atoms with E-state index >= 15 is 0 Å². The molecule has 0 saturated heterocycles. The molecule has 0 fully saturated rings. The molecule has 1 aromatic carbocycles. The zero-order valence-corrected chi connectivity index (χ0v) is 11.5. The highest BCUT2D eigenvalue weighted by Gasteiger charge is 2.30. The molecule has 1 aromatic heterocycles. The summed E-state index contributed by atoms with van der Waals surface area (Å²) in [7, 11) is 0. The minimum absolute atomic E-state index is 0.157. The Morgan fingerprint density at radius 3 is 2.89 bits per heavy atom. The van der Waals surface area contributed by atoms with Crippen molar-refractivity contribution < 1.29 is 4.74 Å². The van der Waals surface area contributed by atoms with Crippen LogP contribution in [-0.2, 0) is 6.42 Å². The highest BCUT2D eigenvalue weighted by molar-refractivity contribution is 6.35. The van der Waals surface area contributed by atoms with Gasteiger partial charge in [0, 0.05) is 12.0 Å². The monoisotopic (exact) mass is 275 g/mol. The average Bonchev–Trinajstić information content (AvgIpc) is 2.65. The number of nitrogens with two attached hydrogens (primary N) is 1. The fraction of sp³-hybridized carbons (Fsp3) is 0.286. The van der Waals surface area contributed by atoms with Crippen LogP contribution >= 0.6 is 11.6 Å². The number of hydrogen-bond donors (Lipinski definition) is 1. The minimum Gasteiger partial charge on any atom is -0.487 e. The molecule has 5 heteroatoms. The van der Waals surface area contributed by atoms with Gasteiger partial charge in [-0.25, -0.2) is 9.97 Å². The van der Waals surface area contributed by atoms with Crippen molar-refractivity contribution in [3.05, 3.63) is 35.1 Å². The largest absolute Gasteiger partial charge is 0.487 e. The maximum Gasteiger partial charge on any atom is 0.146 e. The Kier molecular flexibility index (Phi) is 2.64. The van der Waals surface area contributed by atoms with Gasteiger partial charge in [0.1, 0.15) is 28.5 Å². The second kappa shape index (κ2) is 4.10. The lowest BCUT2D eigenvalue weighted by Gasteiger charge is -2.16. The number of anilines is 1. The third-order valence-electron chi connectivity index (χ3n) is 3.15. The van der Waals surface area contributed by atoms with Crippen molar-refractivity contribution in [3.63, 3.8) is 0 Å². The van der Waals surface area contributed by atoms with E-state index in [9.17, 15) is 0 Å². The molecule has 0 atom stereocenters. The predicted octanol–water partition coefficient (Wildman–Crippen LogP) is 3.09. The van der Waals surface area contributed by atoms with Crippen LogP contribution in [0.1, 0.15) is 19.4 Å². The van der Waals surface area contributed by atoms with E-state index < -0.39 is 0 Å². The normalized spacial score (nSPS) is 15.9. The fourth-order valence-corrected chi connectivity index (χ4v) is 2.55. The molecule has 1 aliphatic heterocycles. The molecule has 0 amide bonds.